The number of halogens is 4. The van der Waals surface area contributed by atoms with Gasteiger partial charge >= 0.3 is 6.18 Å². The molecule has 2 atom stereocenters. The number of pyridine rings is 2. The zero-order valence-electron chi connectivity index (χ0n) is 15.2. The Kier molecular flexibility index (Phi) is 4.69. The monoisotopic (exact) mass is 408 g/mol. The van der Waals surface area contributed by atoms with Crippen molar-refractivity contribution in [3.63, 3.8) is 0 Å². The van der Waals surface area contributed by atoms with Crippen molar-refractivity contribution < 1.29 is 17.6 Å². The fourth-order valence-corrected chi connectivity index (χ4v) is 3.19. The number of hydrogen-bond acceptors (Lipinski definition) is 6. The molecule has 7 nitrogen and oxygen atoms in total. The van der Waals surface area contributed by atoms with Crippen LogP contribution in [0.1, 0.15) is 5.56 Å². The second-order valence-electron chi connectivity index (χ2n) is 6.76. The molecule has 1 saturated heterocycles. The van der Waals surface area contributed by atoms with Crippen molar-refractivity contribution in [1.82, 2.24) is 24.8 Å². The lowest BCUT2D eigenvalue weighted by Crippen LogP contribution is -2.31. The maximum Gasteiger partial charge on any atom is 0.417 e. The molecule has 0 spiro atoms. The number of aryl methyl sites for hydroxylation is 1. The molecule has 3 aromatic heterocycles. The molecule has 152 valence electrons. The molecule has 4 heterocycles. The summed E-state index contributed by atoms with van der Waals surface area (Å²) in [5, 5.41) is 5.96. The number of nitrogens with zero attached hydrogens (tertiary/aromatic N) is 4. The van der Waals surface area contributed by atoms with Gasteiger partial charge in [0.1, 0.15) is 17.4 Å². The molecule has 0 unspecified atom stereocenters. The Morgan fingerprint density at radius 2 is 1.97 bits per heavy atom. The van der Waals surface area contributed by atoms with Gasteiger partial charge in [0.05, 0.1) is 29.1 Å². The number of anilines is 1. The Labute approximate surface area is 161 Å². The van der Waals surface area contributed by atoms with Gasteiger partial charge in [-0.15, -0.1) is 0 Å². The van der Waals surface area contributed by atoms with Crippen LogP contribution in [0, 0.1) is 0 Å². The Morgan fingerprint density at radius 3 is 2.59 bits per heavy atom. The van der Waals surface area contributed by atoms with Crippen molar-refractivity contribution in [2.75, 3.05) is 18.4 Å². The molecule has 29 heavy (non-hydrogen) atoms. The predicted molar refractivity (Wildman–Crippen MR) is 98.2 cm³/mol. The van der Waals surface area contributed by atoms with Crippen molar-refractivity contribution in [3.8, 4) is 11.3 Å². The highest BCUT2D eigenvalue weighted by Crippen LogP contribution is 2.32. The van der Waals surface area contributed by atoms with Crippen molar-refractivity contribution >= 4 is 16.7 Å². The van der Waals surface area contributed by atoms with Crippen molar-refractivity contribution in [1.29, 1.82) is 0 Å². The molecule has 2 N–H and O–H groups in total. The minimum absolute atomic E-state index is 0.119. The summed E-state index contributed by atoms with van der Waals surface area (Å²) in [5.41, 5.74) is -0.588. The summed E-state index contributed by atoms with van der Waals surface area (Å²) in [6.45, 7) is 0.562. The molecule has 11 heteroatoms. The van der Waals surface area contributed by atoms with Gasteiger partial charge in [0.2, 0.25) is 0 Å². The van der Waals surface area contributed by atoms with Crippen LogP contribution in [0.5, 0.6) is 0 Å². The highest BCUT2D eigenvalue weighted by atomic mass is 19.4. The Balaban J connectivity index is 1.84. The van der Waals surface area contributed by atoms with Crippen LogP contribution in [0.15, 0.2) is 35.6 Å². The summed E-state index contributed by atoms with van der Waals surface area (Å²) in [4.78, 5) is 25.1. The number of alkyl halides is 4. The number of rotatable bonds is 3. The maximum atomic E-state index is 14.0. The van der Waals surface area contributed by atoms with Gasteiger partial charge in [-0.25, -0.2) is 14.4 Å². The fraction of sp³-hybridized carbons (Fsp3) is 0.333. The SMILES string of the molecule is Cn1cnc2c(-c3ccc(C(F)(F)F)cn3)cnc(N[C@@H]3CNC[C@@H]3F)c2c1=O. The largest absolute Gasteiger partial charge is 0.417 e. The van der Waals surface area contributed by atoms with Gasteiger partial charge in [-0.1, -0.05) is 0 Å². The van der Waals surface area contributed by atoms with Gasteiger partial charge in [0.15, 0.2) is 0 Å². The molecular formula is C18H16F4N6O. The zero-order valence-corrected chi connectivity index (χ0v) is 15.2. The van der Waals surface area contributed by atoms with E-state index in [1.54, 1.807) is 0 Å². The first-order chi connectivity index (χ1) is 13.8. The molecule has 0 saturated carbocycles. The lowest BCUT2D eigenvalue weighted by molar-refractivity contribution is -0.137. The van der Waals surface area contributed by atoms with Gasteiger partial charge in [-0.3, -0.25) is 9.78 Å². The van der Waals surface area contributed by atoms with Gasteiger partial charge in [-0.2, -0.15) is 13.2 Å². The van der Waals surface area contributed by atoms with Crippen LogP contribution in [0.3, 0.4) is 0 Å². The molecule has 0 aromatic carbocycles. The van der Waals surface area contributed by atoms with Gasteiger partial charge in [0, 0.05) is 38.1 Å². The lowest BCUT2D eigenvalue weighted by Gasteiger charge is -2.17. The maximum absolute atomic E-state index is 14.0. The standard InChI is InChI=1S/C18H16F4N6O/c1-28-8-26-15-10(12-3-2-9(4-24-12)18(20,21)22)5-25-16(14(15)17(28)29)27-13-7-23-6-11(13)19/h2-5,8,11,13,23H,6-7H2,1H3,(H,25,27)/t11-,13+/m0/s1. The van der Waals surface area contributed by atoms with Crippen LogP contribution >= 0.6 is 0 Å². The van der Waals surface area contributed by atoms with E-state index in [1.807, 2.05) is 0 Å². The summed E-state index contributed by atoms with van der Waals surface area (Å²) >= 11 is 0. The summed E-state index contributed by atoms with van der Waals surface area (Å²) < 4.78 is 53.6. The summed E-state index contributed by atoms with van der Waals surface area (Å²) in [6, 6.07) is 1.54. The van der Waals surface area contributed by atoms with Crippen molar-refractivity contribution in [3.05, 3.63) is 46.8 Å². The third kappa shape index (κ3) is 3.53. The van der Waals surface area contributed by atoms with Gasteiger partial charge < -0.3 is 15.2 Å². The second-order valence-corrected chi connectivity index (χ2v) is 6.76. The van der Waals surface area contributed by atoms with Crippen molar-refractivity contribution in [2.24, 2.45) is 7.05 Å². The number of fused-ring (bicyclic) bond motifs is 1. The molecule has 0 radical (unpaired) electrons. The minimum Gasteiger partial charge on any atom is -0.362 e. The topological polar surface area (TPSA) is 84.7 Å². The van der Waals surface area contributed by atoms with E-state index >= 15 is 0 Å². The quantitative estimate of drug-likeness (QED) is 0.646. The molecule has 0 amide bonds. The highest BCUT2D eigenvalue weighted by molar-refractivity contribution is 5.97. The molecule has 4 rings (SSSR count). The van der Waals surface area contributed by atoms with E-state index in [2.05, 4.69) is 25.6 Å². The van der Waals surface area contributed by atoms with E-state index in [0.717, 1.165) is 6.07 Å². The fourth-order valence-electron chi connectivity index (χ4n) is 3.19. The minimum atomic E-state index is -4.51. The van der Waals surface area contributed by atoms with E-state index < -0.39 is 29.5 Å². The Bertz CT molecular complexity index is 1110. The Morgan fingerprint density at radius 1 is 1.17 bits per heavy atom. The summed E-state index contributed by atoms with van der Waals surface area (Å²) in [5.74, 6) is 0.167. The molecule has 1 fully saturated rings. The predicted octanol–water partition coefficient (Wildman–Crippen LogP) is 2.13. The van der Waals surface area contributed by atoms with Gasteiger partial charge in [-0.05, 0) is 12.1 Å². The highest BCUT2D eigenvalue weighted by Gasteiger charge is 2.31. The van der Waals surface area contributed by atoms with E-state index in [-0.39, 0.29) is 29.0 Å². The first kappa shape index (κ1) is 19.2. The van der Waals surface area contributed by atoms with Crippen LogP contribution in [-0.2, 0) is 13.2 Å². The number of nitrogens with one attached hydrogen (secondary N) is 2. The zero-order chi connectivity index (χ0) is 20.8. The molecule has 0 aliphatic carbocycles. The van der Waals surface area contributed by atoms with Crippen LogP contribution in [0.25, 0.3) is 22.2 Å². The van der Waals surface area contributed by atoms with E-state index in [0.29, 0.717) is 18.3 Å². The van der Waals surface area contributed by atoms with Gasteiger partial charge in [0.25, 0.3) is 5.56 Å². The van der Waals surface area contributed by atoms with E-state index in [9.17, 15) is 22.4 Å². The average Bonchev–Trinajstić information content (AvgIpc) is 3.09. The summed E-state index contributed by atoms with van der Waals surface area (Å²) in [7, 11) is 1.51. The first-order valence-corrected chi connectivity index (χ1v) is 8.75. The molecular weight excluding hydrogens is 392 g/mol. The van der Waals surface area contributed by atoms with E-state index in [1.165, 1.54) is 30.2 Å². The third-order valence-electron chi connectivity index (χ3n) is 4.77. The molecule has 3 aromatic rings. The lowest BCUT2D eigenvalue weighted by atomic mass is 10.1. The molecule has 1 aliphatic heterocycles. The molecule has 1 aliphatic rings. The van der Waals surface area contributed by atoms with Crippen LogP contribution in [0.2, 0.25) is 0 Å². The molecule has 0 bridgehead atoms. The van der Waals surface area contributed by atoms with Crippen LogP contribution < -0.4 is 16.2 Å². The normalized spacial score (nSPS) is 19.6. The second kappa shape index (κ2) is 7.07. The van der Waals surface area contributed by atoms with Crippen molar-refractivity contribution in [2.45, 2.75) is 18.4 Å². The number of aromatic nitrogens is 4. The first-order valence-electron chi connectivity index (χ1n) is 8.75. The average molecular weight is 408 g/mol. The van der Waals surface area contributed by atoms with E-state index in [4.69, 9.17) is 0 Å². The summed E-state index contributed by atoms with van der Waals surface area (Å²) in [6.07, 6.45) is -2.28. The van der Waals surface area contributed by atoms with Crippen LogP contribution in [0.4, 0.5) is 23.4 Å². The third-order valence-corrected chi connectivity index (χ3v) is 4.77. The Hall–Kier alpha value is -3.08. The van der Waals surface area contributed by atoms with Crippen LogP contribution in [-0.4, -0.2) is 44.8 Å². The number of hydrogen-bond donors (Lipinski definition) is 2. The smallest absolute Gasteiger partial charge is 0.362 e.